The fourth-order valence-corrected chi connectivity index (χ4v) is 2.82. The van der Waals surface area contributed by atoms with Crippen LogP contribution in [0.2, 0.25) is 18.1 Å². The molecule has 0 aromatic heterocycles. The number of nitrogens with two attached hydrogens (primary N) is 1. The van der Waals surface area contributed by atoms with Crippen LogP contribution in [0, 0.1) is 0 Å². The predicted molar refractivity (Wildman–Crippen MR) is 62.2 cm³/mol. The molecule has 0 radical (unpaired) electrons. The average molecular weight is 214 g/mol. The summed E-state index contributed by atoms with van der Waals surface area (Å²) in [6, 6.07) is 8.07. The smallest absolute Gasteiger partial charge is 0.0977 e. The summed E-state index contributed by atoms with van der Waals surface area (Å²) in [5.41, 5.74) is 6.24. The van der Waals surface area contributed by atoms with Crippen LogP contribution in [0.15, 0.2) is 24.3 Å². The van der Waals surface area contributed by atoms with E-state index in [0.29, 0.717) is 0 Å². The van der Waals surface area contributed by atoms with Gasteiger partial charge >= 0.3 is 0 Å². The standard InChI is InChI=1S/C10H16ClNSi/c1-8(12)13(2,3)10-6-4-9(11)5-7-10/h4-8H,12H2,1-3H3. The molecular weight excluding hydrogens is 198 g/mol. The van der Waals surface area contributed by atoms with Gasteiger partial charge in [0.1, 0.15) is 0 Å². The van der Waals surface area contributed by atoms with Gasteiger partial charge in [-0.2, -0.15) is 0 Å². The first kappa shape index (κ1) is 10.8. The summed E-state index contributed by atoms with van der Waals surface area (Å²) in [6.45, 7) is 6.64. The van der Waals surface area contributed by atoms with Crippen molar-refractivity contribution in [3.63, 3.8) is 0 Å². The van der Waals surface area contributed by atoms with Crippen LogP contribution in [-0.2, 0) is 0 Å². The van der Waals surface area contributed by atoms with E-state index < -0.39 is 8.07 Å². The third kappa shape index (κ3) is 2.33. The van der Waals surface area contributed by atoms with E-state index in [4.69, 9.17) is 17.3 Å². The summed E-state index contributed by atoms with van der Waals surface area (Å²) in [5.74, 6) is 0. The topological polar surface area (TPSA) is 26.0 Å². The second kappa shape index (κ2) is 3.82. The van der Waals surface area contributed by atoms with Crippen LogP contribution >= 0.6 is 11.6 Å². The Morgan fingerprint density at radius 2 is 1.69 bits per heavy atom. The van der Waals surface area contributed by atoms with Crippen LogP contribution in [0.3, 0.4) is 0 Å². The predicted octanol–water partition coefficient (Wildman–Crippen LogP) is 2.14. The maximum Gasteiger partial charge on any atom is 0.0977 e. The van der Waals surface area contributed by atoms with Crippen LogP contribution < -0.4 is 10.9 Å². The molecule has 0 aliphatic rings. The Morgan fingerprint density at radius 3 is 2.08 bits per heavy atom. The van der Waals surface area contributed by atoms with Gasteiger partial charge in [0.05, 0.1) is 8.07 Å². The normalized spacial score (nSPS) is 14.2. The van der Waals surface area contributed by atoms with Gasteiger partial charge in [-0.05, 0) is 17.8 Å². The van der Waals surface area contributed by atoms with Crippen molar-refractivity contribution in [3.05, 3.63) is 29.3 Å². The molecule has 1 unspecified atom stereocenters. The van der Waals surface area contributed by atoms with E-state index in [-0.39, 0.29) is 5.67 Å². The first-order valence-electron chi connectivity index (χ1n) is 4.46. The monoisotopic (exact) mass is 213 g/mol. The molecule has 3 heteroatoms. The summed E-state index contributed by atoms with van der Waals surface area (Å²) in [6.07, 6.45) is 0. The van der Waals surface area contributed by atoms with E-state index in [9.17, 15) is 0 Å². The summed E-state index contributed by atoms with van der Waals surface area (Å²) in [4.78, 5) is 0. The van der Waals surface area contributed by atoms with E-state index >= 15 is 0 Å². The number of halogens is 1. The minimum Gasteiger partial charge on any atom is -0.330 e. The number of hydrogen-bond donors (Lipinski definition) is 1. The molecule has 0 saturated heterocycles. The molecule has 1 nitrogen and oxygen atoms in total. The summed E-state index contributed by atoms with van der Waals surface area (Å²) >= 11 is 5.83. The summed E-state index contributed by atoms with van der Waals surface area (Å²) in [5, 5.41) is 2.16. The lowest BCUT2D eigenvalue weighted by atomic mass is 10.4. The Morgan fingerprint density at radius 1 is 1.23 bits per heavy atom. The van der Waals surface area contributed by atoms with E-state index in [1.54, 1.807) is 0 Å². The third-order valence-electron chi connectivity index (χ3n) is 2.73. The van der Waals surface area contributed by atoms with E-state index in [1.165, 1.54) is 5.19 Å². The molecule has 13 heavy (non-hydrogen) atoms. The largest absolute Gasteiger partial charge is 0.330 e. The van der Waals surface area contributed by atoms with Gasteiger partial charge in [0.15, 0.2) is 0 Å². The molecule has 0 bridgehead atoms. The molecule has 0 aliphatic carbocycles. The van der Waals surface area contributed by atoms with Crippen molar-refractivity contribution in [2.45, 2.75) is 25.7 Å². The van der Waals surface area contributed by atoms with Gasteiger partial charge in [0.2, 0.25) is 0 Å². The highest BCUT2D eigenvalue weighted by molar-refractivity contribution is 6.91. The summed E-state index contributed by atoms with van der Waals surface area (Å²) in [7, 11) is -1.46. The van der Waals surface area contributed by atoms with Crippen molar-refractivity contribution in [3.8, 4) is 0 Å². The SMILES string of the molecule is CC(N)[Si](C)(C)c1ccc(Cl)cc1. The van der Waals surface area contributed by atoms with Crippen molar-refractivity contribution in [1.82, 2.24) is 0 Å². The molecule has 0 aliphatic heterocycles. The Labute approximate surface area is 85.9 Å². The lowest BCUT2D eigenvalue weighted by molar-refractivity contribution is 0.981. The molecule has 1 atom stereocenters. The lowest BCUT2D eigenvalue weighted by Crippen LogP contribution is -2.55. The molecular formula is C10H16ClNSi. The second-order valence-electron chi connectivity index (χ2n) is 4.02. The molecule has 72 valence electrons. The van der Waals surface area contributed by atoms with Gasteiger partial charge in [-0.25, -0.2) is 0 Å². The van der Waals surface area contributed by atoms with Crippen molar-refractivity contribution >= 4 is 24.9 Å². The molecule has 0 spiro atoms. The van der Waals surface area contributed by atoms with Crippen LogP contribution in [0.5, 0.6) is 0 Å². The zero-order chi connectivity index (χ0) is 10.1. The maximum atomic E-state index is 5.97. The van der Waals surface area contributed by atoms with Crippen LogP contribution in [-0.4, -0.2) is 13.7 Å². The molecule has 0 amide bonds. The van der Waals surface area contributed by atoms with Crippen molar-refractivity contribution in [1.29, 1.82) is 0 Å². The van der Waals surface area contributed by atoms with Gasteiger partial charge in [0, 0.05) is 5.02 Å². The van der Waals surface area contributed by atoms with E-state index in [0.717, 1.165) is 5.02 Å². The quantitative estimate of drug-likeness (QED) is 0.749. The van der Waals surface area contributed by atoms with Crippen LogP contribution in [0.4, 0.5) is 0 Å². The Balaban J connectivity index is 3.01. The molecule has 1 aromatic carbocycles. The number of hydrogen-bond acceptors (Lipinski definition) is 1. The van der Waals surface area contributed by atoms with Crippen LogP contribution in [0.1, 0.15) is 6.92 Å². The van der Waals surface area contributed by atoms with Gasteiger partial charge in [0.25, 0.3) is 0 Å². The Hall–Kier alpha value is -0.313. The highest BCUT2D eigenvalue weighted by Crippen LogP contribution is 2.10. The Bertz CT molecular complexity index is 279. The maximum absolute atomic E-state index is 5.97. The Kier molecular flexibility index (Phi) is 3.17. The third-order valence-corrected chi connectivity index (χ3v) is 7.08. The second-order valence-corrected chi connectivity index (χ2v) is 9.39. The summed E-state index contributed by atoms with van der Waals surface area (Å²) < 4.78 is 0. The van der Waals surface area contributed by atoms with Gasteiger partial charge in [-0.15, -0.1) is 0 Å². The zero-order valence-corrected chi connectivity index (χ0v) is 10.1. The van der Waals surface area contributed by atoms with Gasteiger partial charge in [-0.1, -0.05) is 48.9 Å². The first-order valence-corrected chi connectivity index (χ1v) is 7.92. The highest BCUT2D eigenvalue weighted by atomic mass is 35.5. The molecule has 0 fully saturated rings. The molecule has 0 saturated carbocycles. The van der Waals surface area contributed by atoms with Gasteiger partial charge in [-0.3, -0.25) is 0 Å². The highest BCUT2D eigenvalue weighted by Gasteiger charge is 2.27. The molecule has 1 aromatic rings. The minimum absolute atomic E-state index is 0.272. The lowest BCUT2D eigenvalue weighted by Gasteiger charge is -2.27. The zero-order valence-electron chi connectivity index (χ0n) is 8.34. The molecule has 1 rings (SSSR count). The average Bonchev–Trinajstić information content (AvgIpc) is 2.04. The van der Waals surface area contributed by atoms with E-state index in [1.807, 2.05) is 12.1 Å². The van der Waals surface area contributed by atoms with E-state index in [2.05, 4.69) is 32.2 Å². The number of benzene rings is 1. The minimum atomic E-state index is -1.46. The molecule has 2 N–H and O–H groups in total. The van der Waals surface area contributed by atoms with Crippen molar-refractivity contribution < 1.29 is 0 Å². The van der Waals surface area contributed by atoms with Crippen molar-refractivity contribution in [2.75, 3.05) is 0 Å². The fourth-order valence-electron chi connectivity index (χ4n) is 1.14. The van der Waals surface area contributed by atoms with Crippen LogP contribution in [0.25, 0.3) is 0 Å². The fraction of sp³-hybridized carbons (Fsp3) is 0.400. The molecule has 0 heterocycles. The first-order chi connectivity index (χ1) is 5.94. The van der Waals surface area contributed by atoms with Crippen molar-refractivity contribution in [2.24, 2.45) is 5.73 Å². The number of rotatable bonds is 2. The van der Waals surface area contributed by atoms with Gasteiger partial charge < -0.3 is 5.73 Å².